The summed E-state index contributed by atoms with van der Waals surface area (Å²) in [6.07, 6.45) is 5.25. The van der Waals surface area contributed by atoms with Crippen molar-refractivity contribution in [1.29, 1.82) is 5.26 Å². The minimum Gasteiger partial charge on any atom is -0.388 e. The summed E-state index contributed by atoms with van der Waals surface area (Å²) in [6, 6.07) is 7.26. The molecule has 9 nitrogen and oxygen atoms in total. The van der Waals surface area contributed by atoms with Crippen LogP contribution in [0.3, 0.4) is 0 Å². The molecule has 1 amide bonds. The molecule has 3 aromatic heterocycles. The summed E-state index contributed by atoms with van der Waals surface area (Å²) in [5.41, 5.74) is -0.769. The summed E-state index contributed by atoms with van der Waals surface area (Å²) in [6.45, 7) is 2.56. The number of hydrogen-bond acceptors (Lipinski definition) is 7. The maximum Gasteiger partial charge on any atom is 0.255 e. The molecule has 0 spiro atoms. The number of pyridine rings is 2. The minimum absolute atomic E-state index is 0.186. The molecule has 1 saturated carbocycles. The SMILES string of the molecule is CC(C)(O)[C@H](F)CNC(=O)c1cnc(-n2ccc3cc(C#N)cnc32)cc1NCC1(O)CCC1. The van der Waals surface area contributed by atoms with Gasteiger partial charge in [0.2, 0.25) is 0 Å². The molecule has 0 aromatic carbocycles. The van der Waals surface area contributed by atoms with Crippen LogP contribution in [-0.2, 0) is 0 Å². The van der Waals surface area contributed by atoms with E-state index in [4.69, 9.17) is 5.26 Å². The Balaban J connectivity index is 1.64. The van der Waals surface area contributed by atoms with Crippen LogP contribution in [0.4, 0.5) is 10.1 Å². The summed E-state index contributed by atoms with van der Waals surface area (Å²) >= 11 is 0. The van der Waals surface area contributed by atoms with Crippen molar-refractivity contribution < 1.29 is 19.4 Å². The van der Waals surface area contributed by atoms with Crippen LogP contribution in [0.25, 0.3) is 16.9 Å². The zero-order valence-electron chi connectivity index (χ0n) is 19.0. The predicted molar refractivity (Wildman–Crippen MR) is 124 cm³/mol. The zero-order valence-corrected chi connectivity index (χ0v) is 19.0. The molecular weight excluding hydrogens is 439 g/mol. The number of anilines is 1. The molecule has 4 rings (SSSR count). The molecule has 3 heterocycles. The first kappa shape index (κ1) is 23.6. The zero-order chi connectivity index (χ0) is 24.5. The highest BCUT2D eigenvalue weighted by atomic mass is 19.1. The Morgan fingerprint density at radius 1 is 1.35 bits per heavy atom. The average molecular weight is 467 g/mol. The molecule has 178 valence electrons. The number of amides is 1. The van der Waals surface area contributed by atoms with Gasteiger partial charge in [-0.2, -0.15) is 5.26 Å². The van der Waals surface area contributed by atoms with E-state index in [-0.39, 0.29) is 18.7 Å². The van der Waals surface area contributed by atoms with Crippen molar-refractivity contribution in [3.63, 3.8) is 0 Å². The third-order valence-electron chi connectivity index (χ3n) is 6.14. The van der Waals surface area contributed by atoms with Crippen LogP contribution in [0.1, 0.15) is 49.0 Å². The molecular formula is C24H27FN6O3. The lowest BCUT2D eigenvalue weighted by Crippen LogP contribution is -2.44. The normalized spacial score (nSPS) is 15.9. The van der Waals surface area contributed by atoms with Crippen LogP contribution in [0.5, 0.6) is 0 Å². The number of carbonyl (C=O) groups is 1. The largest absolute Gasteiger partial charge is 0.388 e. The molecule has 1 atom stereocenters. The molecule has 3 aromatic rings. The van der Waals surface area contributed by atoms with Gasteiger partial charge in [0.05, 0.1) is 34.6 Å². The lowest BCUT2D eigenvalue weighted by molar-refractivity contribution is -0.0202. The quantitative estimate of drug-likeness (QED) is 0.400. The van der Waals surface area contributed by atoms with Crippen molar-refractivity contribution in [2.24, 2.45) is 0 Å². The molecule has 1 fully saturated rings. The van der Waals surface area contributed by atoms with Crippen LogP contribution >= 0.6 is 0 Å². The van der Waals surface area contributed by atoms with Crippen molar-refractivity contribution >= 4 is 22.6 Å². The predicted octanol–water partition coefficient (Wildman–Crippen LogP) is 2.46. The molecule has 34 heavy (non-hydrogen) atoms. The van der Waals surface area contributed by atoms with Gasteiger partial charge in [-0.05, 0) is 45.2 Å². The van der Waals surface area contributed by atoms with Crippen LogP contribution in [0.15, 0.2) is 36.8 Å². The van der Waals surface area contributed by atoms with Crippen LogP contribution < -0.4 is 10.6 Å². The Bertz CT molecular complexity index is 1260. The smallest absolute Gasteiger partial charge is 0.255 e. The average Bonchev–Trinajstić information content (AvgIpc) is 3.22. The number of nitrogens with one attached hydrogen (secondary N) is 2. The van der Waals surface area contributed by atoms with Crippen molar-refractivity contribution in [2.45, 2.75) is 50.5 Å². The van der Waals surface area contributed by atoms with Gasteiger partial charge < -0.3 is 20.8 Å². The van der Waals surface area contributed by atoms with E-state index in [1.54, 1.807) is 22.9 Å². The van der Waals surface area contributed by atoms with Gasteiger partial charge in [-0.1, -0.05) is 0 Å². The lowest BCUT2D eigenvalue weighted by Gasteiger charge is -2.37. The summed E-state index contributed by atoms with van der Waals surface area (Å²) in [5, 5.41) is 35.8. The van der Waals surface area contributed by atoms with Crippen LogP contribution in [0, 0.1) is 11.3 Å². The number of nitrogens with zero attached hydrogens (tertiary/aromatic N) is 4. The van der Waals surface area contributed by atoms with Gasteiger partial charge in [0.1, 0.15) is 23.7 Å². The summed E-state index contributed by atoms with van der Waals surface area (Å²) in [4.78, 5) is 21.6. The van der Waals surface area contributed by atoms with E-state index in [2.05, 4.69) is 26.7 Å². The number of aromatic nitrogens is 3. The number of aliphatic hydroxyl groups is 2. The van der Waals surface area contributed by atoms with Crippen molar-refractivity contribution in [3.8, 4) is 11.9 Å². The van der Waals surface area contributed by atoms with Crippen LogP contribution in [-0.4, -0.2) is 61.1 Å². The first-order chi connectivity index (χ1) is 16.1. The number of fused-ring (bicyclic) bond motifs is 1. The Morgan fingerprint density at radius 3 is 2.76 bits per heavy atom. The molecule has 0 aliphatic heterocycles. The van der Waals surface area contributed by atoms with Crippen molar-refractivity contribution in [2.75, 3.05) is 18.4 Å². The fraction of sp³-hybridized carbons (Fsp3) is 0.417. The van der Waals surface area contributed by atoms with E-state index in [0.29, 0.717) is 35.6 Å². The summed E-state index contributed by atoms with van der Waals surface area (Å²) < 4.78 is 15.9. The van der Waals surface area contributed by atoms with Gasteiger partial charge in [0.25, 0.3) is 5.91 Å². The first-order valence-corrected chi connectivity index (χ1v) is 11.1. The van der Waals surface area contributed by atoms with Crippen molar-refractivity contribution in [3.05, 3.63) is 47.9 Å². The number of nitriles is 1. The van der Waals surface area contributed by atoms with E-state index < -0.39 is 23.3 Å². The van der Waals surface area contributed by atoms with Crippen LogP contribution in [0.2, 0.25) is 0 Å². The van der Waals surface area contributed by atoms with E-state index >= 15 is 0 Å². The maximum atomic E-state index is 14.1. The third-order valence-corrected chi connectivity index (χ3v) is 6.14. The summed E-state index contributed by atoms with van der Waals surface area (Å²) in [5.74, 6) is -0.0742. The number of halogens is 1. The minimum atomic E-state index is -1.65. The Kier molecular flexibility index (Phi) is 6.25. The second-order valence-corrected chi connectivity index (χ2v) is 9.29. The molecule has 1 aliphatic carbocycles. The lowest BCUT2D eigenvalue weighted by atomic mass is 9.80. The van der Waals surface area contributed by atoms with E-state index in [0.717, 1.165) is 11.8 Å². The highest BCUT2D eigenvalue weighted by molar-refractivity contribution is 5.99. The van der Waals surface area contributed by atoms with Gasteiger partial charge in [-0.3, -0.25) is 9.36 Å². The highest BCUT2D eigenvalue weighted by Crippen LogP contribution is 2.32. The Hall–Kier alpha value is -3.55. The van der Waals surface area contributed by atoms with E-state index in [1.165, 1.54) is 26.2 Å². The first-order valence-electron chi connectivity index (χ1n) is 11.1. The molecule has 4 N–H and O–H groups in total. The fourth-order valence-corrected chi connectivity index (χ4v) is 3.72. The van der Waals surface area contributed by atoms with E-state index in [1.807, 2.05) is 6.07 Å². The molecule has 0 bridgehead atoms. The van der Waals surface area contributed by atoms with Gasteiger partial charge in [0, 0.05) is 36.6 Å². The van der Waals surface area contributed by atoms with Crippen molar-refractivity contribution in [1.82, 2.24) is 19.9 Å². The molecule has 0 unspecified atom stereocenters. The van der Waals surface area contributed by atoms with Gasteiger partial charge in [0.15, 0.2) is 0 Å². The maximum absolute atomic E-state index is 14.1. The Morgan fingerprint density at radius 2 is 2.12 bits per heavy atom. The summed E-state index contributed by atoms with van der Waals surface area (Å²) in [7, 11) is 0. The number of carbonyl (C=O) groups excluding carboxylic acids is 1. The molecule has 0 saturated heterocycles. The van der Waals surface area contributed by atoms with E-state index in [9.17, 15) is 19.4 Å². The molecule has 10 heteroatoms. The standard InChI is InChI=1S/C24H27FN6O3/c1-23(2,33)19(25)13-29-22(32)17-12-27-20(9-18(17)30-14-24(34)5-3-6-24)31-7-4-16-8-15(10-26)11-28-21(16)31/h4,7-9,11-12,19,33-34H,3,5-6,13-14H2,1-2H3,(H,27,30)(H,29,32)/t19-/m1/s1. The second kappa shape index (κ2) is 9.00. The molecule has 0 radical (unpaired) electrons. The van der Waals surface area contributed by atoms with Gasteiger partial charge in [-0.25, -0.2) is 14.4 Å². The number of hydrogen-bond donors (Lipinski definition) is 4. The third kappa shape index (κ3) is 4.85. The second-order valence-electron chi connectivity index (χ2n) is 9.29. The van der Waals surface area contributed by atoms with Gasteiger partial charge in [-0.15, -0.1) is 0 Å². The highest BCUT2D eigenvalue weighted by Gasteiger charge is 2.34. The number of rotatable bonds is 8. The Labute approximate surface area is 196 Å². The van der Waals surface area contributed by atoms with Gasteiger partial charge >= 0.3 is 0 Å². The fourth-order valence-electron chi connectivity index (χ4n) is 3.72. The molecule has 1 aliphatic rings. The topological polar surface area (TPSA) is 136 Å². The number of alkyl halides is 1. The monoisotopic (exact) mass is 466 g/mol.